The molecule has 3 aromatic heterocycles. The lowest BCUT2D eigenvalue weighted by Crippen LogP contribution is -2.31. The third kappa shape index (κ3) is 4.45. The number of aromatic nitrogens is 3. The number of rotatable bonds is 4. The highest BCUT2D eigenvalue weighted by molar-refractivity contribution is 6.36. The summed E-state index contributed by atoms with van der Waals surface area (Å²) in [7, 11) is 0. The molecule has 0 aliphatic carbocycles. The summed E-state index contributed by atoms with van der Waals surface area (Å²) < 4.78 is 6.97. The second-order valence-electron chi connectivity index (χ2n) is 15.8. The molecule has 0 spiro atoms. The standard InChI is InChI=1S/C53H36N4O2/c1-31-29-32(2)49(33(3)30-31)57-52(58)40-21-14-26-45(48(40)53(57)59)56-50-38(19-12-27-46(50)54-41-22-8-4-15-34(41)35-16-5-9-23-42(35)54)39-20-13-28-47(51(39)56)55-43-24-10-6-17-36(43)37-18-7-11-25-44(37)55/h4-30H,1-3H3. The molecule has 8 aromatic carbocycles. The van der Waals surface area contributed by atoms with Crippen LogP contribution in [-0.4, -0.2) is 25.5 Å². The van der Waals surface area contributed by atoms with Gasteiger partial charge in [-0.25, -0.2) is 4.90 Å². The highest BCUT2D eigenvalue weighted by atomic mass is 16.2. The summed E-state index contributed by atoms with van der Waals surface area (Å²) in [4.78, 5) is 31.2. The zero-order chi connectivity index (χ0) is 39.7. The highest BCUT2D eigenvalue weighted by Crippen LogP contribution is 2.45. The number of hydrogen-bond acceptors (Lipinski definition) is 2. The van der Waals surface area contributed by atoms with Crippen LogP contribution in [0.25, 0.3) is 82.5 Å². The van der Waals surface area contributed by atoms with Crippen LogP contribution < -0.4 is 4.90 Å². The minimum absolute atomic E-state index is 0.312. The van der Waals surface area contributed by atoms with E-state index in [1.165, 1.54) is 4.90 Å². The molecule has 6 heteroatoms. The van der Waals surface area contributed by atoms with Gasteiger partial charge in [0.05, 0.1) is 67.0 Å². The van der Waals surface area contributed by atoms with Gasteiger partial charge >= 0.3 is 0 Å². The molecule has 11 aromatic rings. The number of carbonyl (C=O) groups excluding carboxylic acids is 2. The van der Waals surface area contributed by atoms with E-state index in [0.29, 0.717) is 22.5 Å². The topological polar surface area (TPSA) is 52.2 Å². The van der Waals surface area contributed by atoms with Crippen LogP contribution in [0.4, 0.5) is 5.69 Å². The molecule has 12 rings (SSSR count). The third-order valence-electron chi connectivity index (χ3n) is 12.4. The molecule has 59 heavy (non-hydrogen) atoms. The van der Waals surface area contributed by atoms with Crippen LogP contribution in [0.15, 0.2) is 164 Å². The van der Waals surface area contributed by atoms with Crippen molar-refractivity contribution in [3.8, 4) is 17.1 Å². The van der Waals surface area contributed by atoms with Crippen molar-refractivity contribution >= 4 is 82.9 Å². The normalized spacial score (nSPS) is 13.0. The van der Waals surface area contributed by atoms with E-state index < -0.39 is 0 Å². The van der Waals surface area contributed by atoms with Gasteiger partial charge in [-0.3, -0.25) is 9.59 Å². The molecule has 2 amide bonds. The minimum Gasteiger partial charge on any atom is -0.307 e. The number of para-hydroxylation sites is 6. The van der Waals surface area contributed by atoms with E-state index in [0.717, 1.165) is 93.5 Å². The lowest BCUT2D eigenvalue weighted by molar-refractivity contribution is 0.0925. The molecule has 1 aliphatic heterocycles. The van der Waals surface area contributed by atoms with Gasteiger partial charge in [-0.15, -0.1) is 0 Å². The van der Waals surface area contributed by atoms with Crippen molar-refractivity contribution < 1.29 is 9.59 Å². The van der Waals surface area contributed by atoms with E-state index in [9.17, 15) is 4.79 Å². The Hall–Kier alpha value is -7.70. The lowest BCUT2D eigenvalue weighted by atomic mass is 10.0. The van der Waals surface area contributed by atoms with E-state index >= 15 is 4.79 Å². The van der Waals surface area contributed by atoms with E-state index in [4.69, 9.17) is 0 Å². The van der Waals surface area contributed by atoms with Gasteiger partial charge in [0, 0.05) is 32.3 Å². The number of imide groups is 1. The molecule has 4 heterocycles. The molecule has 1 aliphatic rings. The molecule has 0 saturated carbocycles. The number of amides is 2. The Balaban J connectivity index is 1.26. The predicted octanol–water partition coefficient (Wildman–Crippen LogP) is 12.7. The molecule has 0 unspecified atom stereocenters. The van der Waals surface area contributed by atoms with E-state index in [1.807, 2.05) is 45.0 Å². The molecule has 0 atom stereocenters. The molecule has 280 valence electrons. The fourth-order valence-corrected chi connectivity index (χ4v) is 10.2. The monoisotopic (exact) mass is 760 g/mol. The lowest BCUT2D eigenvalue weighted by Gasteiger charge is -2.20. The number of nitrogens with zero attached hydrogens (tertiary/aromatic N) is 4. The molecule has 0 N–H and O–H groups in total. The molecule has 0 bridgehead atoms. The predicted molar refractivity (Wildman–Crippen MR) is 241 cm³/mol. The van der Waals surface area contributed by atoms with Gasteiger partial charge in [0.1, 0.15) is 0 Å². The Morgan fingerprint density at radius 3 is 1.22 bits per heavy atom. The summed E-state index contributed by atoms with van der Waals surface area (Å²) >= 11 is 0. The fraction of sp³-hybridized carbons (Fsp3) is 0.0566. The number of anilines is 1. The van der Waals surface area contributed by atoms with Crippen molar-refractivity contribution in [2.45, 2.75) is 20.8 Å². The summed E-state index contributed by atoms with van der Waals surface area (Å²) in [6, 6.07) is 56.9. The maximum Gasteiger partial charge on any atom is 0.268 e. The first-order chi connectivity index (χ1) is 28.9. The van der Waals surface area contributed by atoms with Crippen molar-refractivity contribution in [2.24, 2.45) is 0 Å². The average Bonchev–Trinajstić information content (AvgIpc) is 3.96. The summed E-state index contributed by atoms with van der Waals surface area (Å²) in [6.45, 7) is 5.99. The zero-order valence-electron chi connectivity index (χ0n) is 32.7. The third-order valence-corrected chi connectivity index (χ3v) is 12.4. The van der Waals surface area contributed by atoms with Crippen LogP contribution in [0.5, 0.6) is 0 Å². The van der Waals surface area contributed by atoms with Gasteiger partial charge in [-0.2, -0.15) is 0 Å². The molecular formula is C53H36N4O2. The van der Waals surface area contributed by atoms with Crippen LogP contribution in [0, 0.1) is 20.8 Å². The molecule has 0 radical (unpaired) electrons. The summed E-state index contributed by atoms with van der Waals surface area (Å²) in [5.74, 6) is -0.637. The van der Waals surface area contributed by atoms with Crippen LogP contribution in [-0.2, 0) is 0 Å². The maximum atomic E-state index is 15.2. The summed E-state index contributed by atoms with van der Waals surface area (Å²) in [6.07, 6.45) is 0. The van der Waals surface area contributed by atoms with Gasteiger partial charge in [0.25, 0.3) is 11.8 Å². The average molecular weight is 761 g/mol. The molecule has 0 fully saturated rings. The first-order valence-corrected chi connectivity index (χ1v) is 20.0. The molecule has 6 nitrogen and oxygen atoms in total. The Morgan fingerprint density at radius 1 is 0.373 bits per heavy atom. The number of hydrogen-bond donors (Lipinski definition) is 0. The highest BCUT2D eigenvalue weighted by Gasteiger charge is 2.41. The number of fused-ring (bicyclic) bond motifs is 10. The van der Waals surface area contributed by atoms with Crippen molar-refractivity contribution in [1.82, 2.24) is 13.7 Å². The molecule has 0 saturated heterocycles. The van der Waals surface area contributed by atoms with Crippen molar-refractivity contribution in [2.75, 3.05) is 4.90 Å². The second-order valence-corrected chi connectivity index (χ2v) is 15.8. The Kier molecular flexibility index (Phi) is 6.89. The first kappa shape index (κ1) is 33.4. The van der Waals surface area contributed by atoms with E-state index in [-0.39, 0.29) is 11.8 Å². The number of carbonyl (C=O) groups is 2. The summed E-state index contributed by atoms with van der Waals surface area (Å²) in [5, 5.41) is 6.73. The minimum atomic E-state index is -0.325. The van der Waals surface area contributed by atoms with Gasteiger partial charge in [-0.1, -0.05) is 121 Å². The Labute approximate surface area is 339 Å². The second kappa shape index (κ2) is 12.2. The van der Waals surface area contributed by atoms with Crippen molar-refractivity contribution in [1.29, 1.82) is 0 Å². The molecular weight excluding hydrogens is 725 g/mol. The van der Waals surface area contributed by atoms with Gasteiger partial charge in [0.2, 0.25) is 0 Å². The van der Waals surface area contributed by atoms with Gasteiger partial charge in [0.15, 0.2) is 0 Å². The number of aryl methyl sites for hydroxylation is 3. The van der Waals surface area contributed by atoms with Gasteiger partial charge < -0.3 is 13.7 Å². The maximum absolute atomic E-state index is 15.2. The quantitative estimate of drug-likeness (QED) is 0.168. The largest absolute Gasteiger partial charge is 0.307 e. The van der Waals surface area contributed by atoms with E-state index in [2.05, 4.69) is 147 Å². The Morgan fingerprint density at radius 2 is 0.763 bits per heavy atom. The fourth-order valence-electron chi connectivity index (χ4n) is 10.2. The van der Waals surface area contributed by atoms with Crippen molar-refractivity contribution in [3.63, 3.8) is 0 Å². The smallest absolute Gasteiger partial charge is 0.268 e. The first-order valence-electron chi connectivity index (χ1n) is 20.0. The van der Waals surface area contributed by atoms with Crippen LogP contribution in [0.3, 0.4) is 0 Å². The van der Waals surface area contributed by atoms with Crippen LogP contribution in [0.2, 0.25) is 0 Å². The van der Waals surface area contributed by atoms with Crippen LogP contribution in [0.1, 0.15) is 37.4 Å². The van der Waals surface area contributed by atoms with Gasteiger partial charge in [-0.05, 0) is 80.4 Å². The van der Waals surface area contributed by atoms with Crippen LogP contribution >= 0.6 is 0 Å². The summed E-state index contributed by atoms with van der Waals surface area (Å²) in [5.41, 5.74) is 13.1. The van der Waals surface area contributed by atoms with E-state index in [1.54, 1.807) is 6.07 Å². The number of benzene rings is 8. The zero-order valence-corrected chi connectivity index (χ0v) is 32.7. The Bertz CT molecular complexity index is 3350. The SMILES string of the molecule is Cc1cc(C)c(N2C(=O)c3cccc(-n4c5c(-n6c7ccccc7c7ccccc76)cccc5c5cccc(-n6c7ccccc7c7ccccc76)c54)c3C2=O)c(C)c1. The van der Waals surface area contributed by atoms with Crippen molar-refractivity contribution in [3.05, 3.63) is 192 Å².